The quantitative estimate of drug-likeness (QED) is 0.703. The van der Waals surface area contributed by atoms with Gasteiger partial charge in [-0.05, 0) is 30.5 Å². The minimum absolute atomic E-state index is 0.171. The molecule has 0 spiro atoms. The summed E-state index contributed by atoms with van der Waals surface area (Å²) in [5, 5.41) is 12.6. The van der Waals surface area contributed by atoms with E-state index < -0.39 is 11.6 Å². The zero-order valence-corrected chi connectivity index (χ0v) is 10.3. The lowest BCUT2D eigenvalue weighted by atomic mass is 10.1. The second-order valence-corrected chi connectivity index (χ2v) is 4.66. The van der Waals surface area contributed by atoms with E-state index in [-0.39, 0.29) is 12.5 Å². The maximum atomic E-state index is 11.6. The molecule has 0 heterocycles. The molecule has 5 heteroatoms. The second kappa shape index (κ2) is 4.96. The summed E-state index contributed by atoms with van der Waals surface area (Å²) in [4.78, 5) is 11.6. The zero-order valence-electron chi connectivity index (χ0n) is 10.3. The smallest absolute Gasteiger partial charge is 0.240 e. The number of ether oxygens (including phenoxy) is 1. The van der Waals surface area contributed by atoms with Crippen LogP contribution >= 0.6 is 0 Å². The Kier molecular flexibility index (Phi) is 3.54. The van der Waals surface area contributed by atoms with Gasteiger partial charge in [0.2, 0.25) is 5.91 Å². The Morgan fingerprint density at radius 3 is 2.61 bits per heavy atom. The van der Waals surface area contributed by atoms with Crippen LogP contribution in [-0.4, -0.2) is 30.2 Å². The number of nitrogens with one attached hydrogen (secondary N) is 1. The Morgan fingerprint density at radius 1 is 1.50 bits per heavy atom. The summed E-state index contributed by atoms with van der Waals surface area (Å²) in [6, 6.07) is 7.08. The fourth-order valence-corrected chi connectivity index (χ4v) is 1.67. The van der Waals surface area contributed by atoms with Crippen molar-refractivity contribution in [1.82, 2.24) is 5.32 Å². The average Bonchev–Trinajstić information content (AvgIpc) is 3.15. The van der Waals surface area contributed by atoms with Gasteiger partial charge in [-0.2, -0.15) is 0 Å². The Hall–Kier alpha value is -1.59. The van der Waals surface area contributed by atoms with Crippen LogP contribution in [0.15, 0.2) is 24.3 Å². The summed E-state index contributed by atoms with van der Waals surface area (Å²) in [7, 11) is 1.59. The van der Waals surface area contributed by atoms with Crippen molar-refractivity contribution in [1.29, 1.82) is 0 Å². The highest BCUT2D eigenvalue weighted by molar-refractivity contribution is 5.88. The first-order valence-corrected chi connectivity index (χ1v) is 5.94. The number of rotatable bonds is 5. The molecule has 1 aromatic carbocycles. The van der Waals surface area contributed by atoms with Crippen molar-refractivity contribution >= 4 is 5.91 Å². The lowest BCUT2D eigenvalue weighted by Crippen LogP contribution is -2.44. The molecule has 1 saturated carbocycles. The third-order valence-electron chi connectivity index (χ3n) is 3.20. The van der Waals surface area contributed by atoms with Crippen molar-refractivity contribution in [3.63, 3.8) is 0 Å². The Balaban J connectivity index is 1.86. The fraction of sp³-hybridized carbons (Fsp3) is 0.462. The van der Waals surface area contributed by atoms with Gasteiger partial charge in [-0.3, -0.25) is 4.79 Å². The fourth-order valence-electron chi connectivity index (χ4n) is 1.67. The Bertz CT molecular complexity index is 426. The summed E-state index contributed by atoms with van der Waals surface area (Å²) in [5.74, 6) is 0.545. The molecular weight excluding hydrogens is 232 g/mol. The van der Waals surface area contributed by atoms with E-state index in [1.165, 1.54) is 0 Å². The molecule has 1 aliphatic rings. The average molecular weight is 250 g/mol. The third-order valence-corrected chi connectivity index (χ3v) is 3.20. The van der Waals surface area contributed by atoms with Gasteiger partial charge in [-0.15, -0.1) is 0 Å². The summed E-state index contributed by atoms with van der Waals surface area (Å²) >= 11 is 0. The van der Waals surface area contributed by atoms with E-state index >= 15 is 0 Å². The first-order chi connectivity index (χ1) is 8.55. The molecule has 0 radical (unpaired) electrons. The number of amides is 1. The summed E-state index contributed by atoms with van der Waals surface area (Å²) in [6.07, 6.45) is 0.705. The minimum Gasteiger partial charge on any atom is -0.497 e. The monoisotopic (exact) mass is 250 g/mol. The van der Waals surface area contributed by atoms with Crippen LogP contribution in [0.3, 0.4) is 0 Å². The second-order valence-electron chi connectivity index (χ2n) is 4.66. The van der Waals surface area contributed by atoms with Crippen LogP contribution in [0.2, 0.25) is 0 Å². The molecule has 0 aliphatic heterocycles. The first-order valence-electron chi connectivity index (χ1n) is 5.94. The van der Waals surface area contributed by atoms with Gasteiger partial charge in [-0.25, -0.2) is 0 Å². The summed E-state index contributed by atoms with van der Waals surface area (Å²) < 4.78 is 5.03. The van der Waals surface area contributed by atoms with Crippen molar-refractivity contribution in [2.75, 3.05) is 13.7 Å². The molecule has 1 aliphatic carbocycles. The molecule has 5 nitrogen and oxygen atoms in total. The molecule has 0 bridgehead atoms. The number of hydrogen-bond acceptors (Lipinski definition) is 4. The van der Waals surface area contributed by atoms with Crippen LogP contribution in [0, 0.1) is 0 Å². The molecule has 0 aromatic heterocycles. The van der Waals surface area contributed by atoms with E-state index in [2.05, 4.69) is 5.32 Å². The van der Waals surface area contributed by atoms with Gasteiger partial charge in [0.15, 0.2) is 0 Å². The minimum atomic E-state index is -0.734. The van der Waals surface area contributed by atoms with E-state index in [9.17, 15) is 9.90 Å². The number of hydrogen-bond donors (Lipinski definition) is 3. The summed E-state index contributed by atoms with van der Waals surface area (Å²) in [5.41, 5.74) is 5.78. The van der Waals surface area contributed by atoms with Crippen LogP contribution < -0.4 is 15.8 Å². The maximum Gasteiger partial charge on any atom is 0.240 e. The zero-order chi connectivity index (χ0) is 13.2. The largest absolute Gasteiger partial charge is 0.497 e. The van der Waals surface area contributed by atoms with Gasteiger partial charge < -0.3 is 20.9 Å². The predicted octanol–water partition coefficient (Wildman–Crippen LogP) is 0.336. The van der Waals surface area contributed by atoms with E-state index in [1.807, 2.05) is 0 Å². The third kappa shape index (κ3) is 2.80. The van der Waals surface area contributed by atoms with E-state index in [0.717, 1.165) is 24.2 Å². The number of nitrogens with two attached hydrogens (primary N) is 1. The van der Waals surface area contributed by atoms with Gasteiger partial charge in [-0.1, -0.05) is 12.1 Å². The van der Waals surface area contributed by atoms with E-state index in [1.54, 1.807) is 31.4 Å². The van der Waals surface area contributed by atoms with Crippen molar-refractivity contribution in [3.8, 4) is 5.75 Å². The normalized spacial score (nSPS) is 17.9. The SMILES string of the molecule is COc1ccc(C(O)CNC(=O)C2(N)CC2)cc1. The lowest BCUT2D eigenvalue weighted by molar-refractivity contribution is -0.123. The van der Waals surface area contributed by atoms with Crippen LogP contribution in [0.1, 0.15) is 24.5 Å². The number of benzene rings is 1. The van der Waals surface area contributed by atoms with Crippen molar-refractivity contribution < 1.29 is 14.6 Å². The number of methoxy groups -OCH3 is 1. The molecule has 1 amide bonds. The van der Waals surface area contributed by atoms with Gasteiger partial charge in [0.05, 0.1) is 18.8 Å². The van der Waals surface area contributed by atoms with Crippen molar-refractivity contribution in [2.24, 2.45) is 5.73 Å². The highest BCUT2D eigenvalue weighted by Gasteiger charge is 2.45. The Morgan fingerprint density at radius 2 is 2.11 bits per heavy atom. The molecule has 1 unspecified atom stereocenters. The van der Waals surface area contributed by atoms with E-state index in [0.29, 0.717) is 0 Å². The Labute approximate surface area is 106 Å². The molecule has 18 heavy (non-hydrogen) atoms. The van der Waals surface area contributed by atoms with Gasteiger partial charge in [0, 0.05) is 6.54 Å². The lowest BCUT2D eigenvalue weighted by Gasteiger charge is -2.15. The van der Waals surface area contributed by atoms with Crippen LogP contribution in [-0.2, 0) is 4.79 Å². The molecule has 1 fully saturated rings. The molecule has 4 N–H and O–H groups in total. The number of carbonyl (C=O) groups is 1. The molecule has 98 valence electrons. The highest BCUT2D eigenvalue weighted by atomic mass is 16.5. The highest BCUT2D eigenvalue weighted by Crippen LogP contribution is 2.32. The summed E-state index contributed by atoms with van der Waals surface area (Å²) in [6.45, 7) is 0.171. The molecule has 0 saturated heterocycles. The molecule has 2 rings (SSSR count). The number of carbonyl (C=O) groups excluding carboxylic acids is 1. The standard InChI is InChI=1S/C13H18N2O3/c1-18-10-4-2-9(3-5-10)11(16)8-15-12(17)13(14)6-7-13/h2-5,11,16H,6-8,14H2,1H3,(H,15,17). The number of aliphatic hydroxyl groups is 1. The topological polar surface area (TPSA) is 84.6 Å². The molecule has 1 atom stereocenters. The van der Waals surface area contributed by atoms with E-state index in [4.69, 9.17) is 10.5 Å². The van der Waals surface area contributed by atoms with Gasteiger partial charge in [0.25, 0.3) is 0 Å². The van der Waals surface area contributed by atoms with Crippen LogP contribution in [0.25, 0.3) is 0 Å². The molecule has 1 aromatic rings. The van der Waals surface area contributed by atoms with Crippen LogP contribution in [0.5, 0.6) is 5.75 Å². The van der Waals surface area contributed by atoms with Crippen molar-refractivity contribution in [3.05, 3.63) is 29.8 Å². The first kappa shape index (κ1) is 12.9. The predicted molar refractivity (Wildman–Crippen MR) is 67.1 cm³/mol. The maximum absolute atomic E-state index is 11.6. The molecular formula is C13H18N2O3. The van der Waals surface area contributed by atoms with Crippen molar-refractivity contribution in [2.45, 2.75) is 24.5 Å². The van der Waals surface area contributed by atoms with Gasteiger partial charge in [0.1, 0.15) is 5.75 Å². The number of aliphatic hydroxyl groups excluding tert-OH is 1. The van der Waals surface area contributed by atoms with Gasteiger partial charge >= 0.3 is 0 Å². The van der Waals surface area contributed by atoms with Crippen LogP contribution in [0.4, 0.5) is 0 Å².